The average Bonchev–Trinajstić information content (AvgIpc) is 2.54. The van der Waals surface area contributed by atoms with Crippen molar-refractivity contribution < 1.29 is 4.74 Å². The third-order valence-corrected chi connectivity index (χ3v) is 4.66. The van der Waals surface area contributed by atoms with E-state index in [-0.39, 0.29) is 0 Å². The van der Waals surface area contributed by atoms with E-state index in [0.717, 1.165) is 17.9 Å². The first-order valence-electron chi connectivity index (χ1n) is 9.28. The second kappa shape index (κ2) is 7.88. The van der Waals surface area contributed by atoms with Crippen LogP contribution < -0.4 is 4.74 Å². The molecule has 0 atom stereocenters. The summed E-state index contributed by atoms with van der Waals surface area (Å²) in [7, 11) is 0. The molecule has 0 spiro atoms. The van der Waals surface area contributed by atoms with Gasteiger partial charge in [-0.05, 0) is 70.7 Å². The fraction of sp³-hybridized carbons (Fsp3) is 0.478. The maximum absolute atomic E-state index is 6.19. The van der Waals surface area contributed by atoms with E-state index in [4.69, 9.17) is 4.74 Å². The normalized spacial score (nSPS) is 11.6. The third-order valence-electron chi connectivity index (χ3n) is 4.66. The molecule has 0 amide bonds. The first kappa shape index (κ1) is 18.6. The zero-order chi connectivity index (χ0) is 17.9. The fourth-order valence-electron chi connectivity index (χ4n) is 3.27. The van der Waals surface area contributed by atoms with E-state index in [0.29, 0.717) is 17.8 Å². The van der Waals surface area contributed by atoms with Gasteiger partial charge in [-0.1, -0.05) is 60.6 Å². The lowest BCUT2D eigenvalue weighted by molar-refractivity contribution is 0.479. The molecule has 0 bridgehead atoms. The summed E-state index contributed by atoms with van der Waals surface area (Å²) in [5, 5.41) is 0. The Hall–Kier alpha value is -1.76. The van der Waals surface area contributed by atoms with Crippen molar-refractivity contribution >= 4 is 0 Å². The second-order valence-electron chi connectivity index (χ2n) is 7.57. The highest BCUT2D eigenvalue weighted by Crippen LogP contribution is 2.33. The standard InChI is InChI=1S/C23H32O/c1-8-18-9-10-19(13-22(18)16(4)5)24-20-11-12-21(15(2)3)23(14-20)17(6)7/h9-17H,8H2,1-7H3. The van der Waals surface area contributed by atoms with Gasteiger partial charge in [0.2, 0.25) is 0 Å². The molecule has 130 valence electrons. The van der Waals surface area contributed by atoms with E-state index in [1.165, 1.54) is 22.3 Å². The van der Waals surface area contributed by atoms with Crippen molar-refractivity contribution in [3.8, 4) is 11.5 Å². The molecule has 0 unspecified atom stereocenters. The van der Waals surface area contributed by atoms with Crippen LogP contribution in [0.3, 0.4) is 0 Å². The number of aryl methyl sites for hydroxylation is 1. The largest absolute Gasteiger partial charge is 0.457 e. The van der Waals surface area contributed by atoms with Crippen LogP contribution in [0.1, 0.15) is 88.5 Å². The van der Waals surface area contributed by atoms with Crippen LogP contribution in [0, 0.1) is 0 Å². The minimum Gasteiger partial charge on any atom is -0.457 e. The van der Waals surface area contributed by atoms with Crippen LogP contribution in [0.4, 0.5) is 0 Å². The quantitative estimate of drug-likeness (QED) is 0.537. The highest BCUT2D eigenvalue weighted by atomic mass is 16.5. The first-order chi connectivity index (χ1) is 11.3. The van der Waals surface area contributed by atoms with Gasteiger partial charge >= 0.3 is 0 Å². The Kier molecular flexibility index (Phi) is 6.10. The van der Waals surface area contributed by atoms with Gasteiger partial charge in [0.1, 0.15) is 11.5 Å². The van der Waals surface area contributed by atoms with Gasteiger partial charge in [0.25, 0.3) is 0 Å². The molecule has 0 aromatic heterocycles. The zero-order valence-corrected chi connectivity index (χ0v) is 16.3. The number of hydrogen-bond acceptors (Lipinski definition) is 1. The van der Waals surface area contributed by atoms with Crippen LogP contribution in [0.5, 0.6) is 11.5 Å². The number of ether oxygens (including phenoxy) is 1. The van der Waals surface area contributed by atoms with Gasteiger partial charge in [-0.2, -0.15) is 0 Å². The molecule has 0 radical (unpaired) electrons. The van der Waals surface area contributed by atoms with Crippen LogP contribution >= 0.6 is 0 Å². The van der Waals surface area contributed by atoms with Gasteiger partial charge in [0, 0.05) is 0 Å². The summed E-state index contributed by atoms with van der Waals surface area (Å²) in [5.41, 5.74) is 5.60. The molecule has 2 aromatic rings. The van der Waals surface area contributed by atoms with Crippen molar-refractivity contribution in [2.75, 3.05) is 0 Å². The molecule has 0 saturated carbocycles. The van der Waals surface area contributed by atoms with E-state index < -0.39 is 0 Å². The van der Waals surface area contributed by atoms with Gasteiger partial charge < -0.3 is 4.74 Å². The van der Waals surface area contributed by atoms with Crippen molar-refractivity contribution in [3.63, 3.8) is 0 Å². The predicted molar refractivity (Wildman–Crippen MR) is 105 cm³/mol. The lowest BCUT2D eigenvalue weighted by Gasteiger charge is -2.18. The van der Waals surface area contributed by atoms with Gasteiger partial charge in [-0.25, -0.2) is 0 Å². The maximum atomic E-state index is 6.19. The molecule has 24 heavy (non-hydrogen) atoms. The van der Waals surface area contributed by atoms with Gasteiger partial charge in [-0.3, -0.25) is 0 Å². The Morgan fingerprint density at radius 3 is 1.67 bits per heavy atom. The first-order valence-corrected chi connectivity index (χ1v) is 9.28. The lowest BCUT2D eigenvalue weighted by Crippen LogP contribution is -2.00. The summed E-state index contributed by atoms with van der Waals surface area (Å²) >= 11 is 0. The number of benzene rings is 2. The highest BCUT2D eigenvalue weighted by Gasteiger charge is 2.12. The molecular formula is C23H32O. The predicted octanol–water partition coefficient (Wildman–Crippen LogP) is 7.41. The van der Waals surface area contributed by atoms with Crippen molar-refractivity contribution in [2.24, 2.45) is 0 Å². The van der Waals surface area contributed by atoms with Crippen LogP contribution in [0.15, 0.2) is 36.4 Å². The van der Waals surface area contributed by atoms with E-state index in [2.05, 4.69) is 84.9 Å². The van der Waals surface area contributed by atoms with Gasteiger partial charge in [0.05, 0.1) is 0 Å². The monoisotopic (exact) mass is 324 g/mol. The van der Waals surface area contributed by atoms with Crippen molar-refractivity contribution in [2.45, 2.75) is 72.6 Å². The van der Waals surface area contributed by atoms with Crippen LogP contribution in [-0.2, 0) is 6.42 Å². The van der Waals surface area contributed by atoms with Crippen LogP contribution in [0.2, 0.25) is 0 Å². The van der Waals surface area contributed by atoms with E-state index >= 15 is 0 Å². The summed E-state index contributed by atoms with van der Waals surface area (Å²) in [6.45, 7) is 15.7. The molecule has 0 aliphatic heterocycles. The minimum absolute atomic E-state index is 0.500. The fourth-order valence-corrected chi connectivity index (χ4v) is 3.27. The Morgan fingerprint density at radius 2 is 1.17 bits per heavy atom. The van der Waals surface area contributed by atoms with E-state index in [1.807, 2.05) is 0 Å². The number of rotatable bonds is 6. The molecule has 0 aliphatic carbocycles. The molecule has 0 fully saturated rings. The van der Waals surface area contributed by atoms with Crippen LogP contribution in [0.25, 0.3) is 0 Å². The SMILES string of the molecule is CCc1ccc(Oc2ccc(C(C)C)c(C(C)C)c2)cc1C(C)C. The Bertz CT molecular complexity index is 680. The maximum Gasteiger partial charge on any atom is 0.127 e. The van der Waals surface area contributed by atoms with E-state index in [1.54, 1.807) is 0 Å². The van der Waals surface area contributed by atoms with Crippen molar-refractivity contribution in [1.29, 1.82) is 0 Å². The molecule has 0 N–H and O–H groups in total. The molecule has 0 saturated heterocycles. The van der Waals surface area contributed by atoms with Gasteiger partial charge in [-0.15, -0.1) is 0 Å². The van der Waals surface area contributed by atoms with Gasteiger partial charge in [0.15, 0.2) is 0 Å². The molecule has 0 heterocycles. The average molecular weight is 325 g/mol. The zero-order valence-electron chi connectivity index (χ0n) is 16.3. The summed E-state index contributed by atoms with van der Waals surface area (Å²) in [4.78, 5) is 0. The molecule has 1 heteroatoms. The van der Waals surface area contributed by atoms with Crippen molar-refractivity contribution in [1.82, 2.24) is 0 Å². The summed E-state index contributed by atoms with van der Waals surface area (Å²) < 4.78 is 6.19. The highest BCUT2D eigenvalue weighted by molar-refractivity contribution is 5.43. The molecular weight excluding hydrogens is 292 g/mol. The number of hydrogen-bond donors (Lipinski definition) is 0. The summed E-state index contributed by atoms with van der Waals surface area (Å²) in [6, 6.07) is 13.0. The topological polar surface area (TPSA) is 9.23 Å². The minimum atomic E-state index is 0.500. The summed E-state index contributed by atoms with van der Waals surface area (Å²) in [6.07, 6.45) is 1.06. The summed E-state index contributed by atoms with van der Waals surface area (Å²) in [5.74, 6) is 3.41. The van der Waals surface area contributed by atoms with Crippen LogP contribution in [-0.4, -0.2) is 0 Å². The molecule has 1 nitrogen and oxygen atoms in total. The van der Waals surface area contributed by atoms with E-state index in [9.17, 15) is 0 Å². The third kappa shape index (κ3) is 4.20. The lowest BCUT2D eigenvalue weighted by atomic mass is 9.90. The van der Waals surface area contributed by atoms with Crippen molar-refractivity contribution in [3.05, 3.63) is 58.7 Å². The Balaban J connectivity index is 2.34. The molecule has 2 aromatic carbocycles. The molecule has 2 rings (SSSR count). The molecule has 0 aliphatic rings. The second-order valence-corrected chi connectivity index (χ2v) is 7.57. The smallest absolute Gasteiger partial charge is 0.127 e. The Morgan fingerprint density at radius 1 is 0.667 bits per heavy atom. The Labute approximate surface area is 148 Å².